The zero-order valence-corrected chi connectivity index (χ0v) is 13.2. The number of hydrogen-bond acceptors (Lipinski definition) is 6. The number of aryl methyl sites for hydroxylation is 1. The Bertz CT molecular complexity index is 532. The monoisotopic (exact) mass is 329 g/mol. The molecule has 0 saturated heterocycles. The summed E-state index contributed by atoms with van der Waals surface area (Å²) in [6.07, 6.45) is 0.381. The molecule has 3 N–H and O–H groups in total. The number of anilines is 1. The van der Waals surface area contributed by atoms with Crippen molar-refractivity contribution in [3.8, 4) is 0 Å². The number of carboxylic acid groups (broad SMARTS) is 1. The van der Waals surface area contributed by atoms with E-state index >= 15 is 0 Å². The molecule has 0 fully saturated rings. The van der Waals surface area contributed by atoms with E-state index in [0.29, 0.717) is 18.0 Å². The lowest BCUT2D eigenvalue weighted by atomic mass is 10.2. The number of carbonyl (C=O) groups excluding carboxylic acids is 2. The molecule has 0 spiro atoms. The van der Waals surface area contributed by atoms with Gasteiger partial charge in [-0.3, -0.25) is 14.4 Å². The molecule has 0 aliphatic carbocycles. The third kappa shape index (κ3) is 7.67. The van der Waals surface area contributed by atoms with Crippen molar-refractivity contribution in [2.24, 2.45) is 0 Å². The highest BCUT2D eigenvalue weighted by molar-refractivity contribution is 8.00. The number of hydrogen-bond donors (Lipinski definition) is 3. The van der Waals surface area contributed by atoms with Crippen LogP contribution in [0.15, 0.2) is 10.6 Å². The Morgan fingerprint density at radius 2 is 2.05 bits per heavy atom. The van der Waals surface area contributed by atoms with Crippen LogP contribution in [-0.4, -0.2) is 45.6 Å². The molecule has 0 bridgehead atoms. The summed E-state index contributed by atoms with van der Waals surface area (Å²) in [4.78, 5) is 33.6. The number of aliphatic carboxylic acids is 1. The number of carboxylic acids is 1. The molecule has 1 rings (SSSR count). The molecule has 9 heteroatoms. The Morgan fingerprint density at radius 3 is 2.64 bits per heavy atom. The second kappa shape index (κ2) is 9.08. The predicted octanol–water partition coefficient (Wildman–Crippen LogP) is 1.02. The smallest absolute Gasteiger partial charge is 0.303 e. The van der Waals surface area contributed by atoms with Gasteiger partial charge in [-0.05, 0) is 20.3 Å². The van der Waals surface area contributed by atoms with E-state index in [1.54, 1.807) is 19.9 Å². The van der Waals surface area contributed by atoms with Crippen LogP contribution >= 0.6 is 11.8 Å². The first-order valence-corrected chi connectivity index (χ1v) is 7.84. The quantitative estimate of drug-likeness (QED) is 0.618. The zero-order chi connectivity index (χ0) is 16.5. The largest absolute Gasteiger partial charge is 0.481 e. The molecule has 0 saturated carbocycles. The lowest BCUT2D eigenvalue weighted by molar-refractivity contribution is -0.137. The van der Waals surface area contributed by atoms with Gasteiger partial charge < -0.3 is 20.3 Å². The normalized spacial score (nSPS) is 11.7. The molecule has 122 valence electrons. The minimum Gasteiger partial charge on any atom is -0.481 e. The van der Waals surface area contributed by atoms with Crippen LogP contribution in [0.3, 0.4) is 0 Å². The summed E-state index contributed by atoms with van der Waals surface area (Å²) in [6.45, 7) is 3.46. The Kier molecular flexibility index (Phi) is 7.44. The molecule has 1 aromatic rings. The molecule has 1 unspecified atom stereocenters. The van der Waals surface area contributed by atoms with Crippen LogP contribution in [0.5, 0.6) is 0 Å². The maximum absolute atomic E-state index is 11.6. The molecule has 1 aromatic heterocycles. The minimum absolute atomic E-state index is 0.00805. The van der Waals surface area contributed by atoms with Gasteiger partial charge in [0, 0.05) is 18.5 Å². The number of nitrogens with one attached hydrogen (secondary N) is 2. The van der Waals surface area contributed by atoms with Crippen LogP contribution in [0, 0.1) is 6.92 Å². The van der Waals surface area contributed by atoms with Gasteiger partial charge in [-0.15, -0.1) is 11.8 Å². The summed E-state index contributed by atoms with van der Waals surface area (Å²) in [5, 5.41) is 17.4. The second-order valence-electron chi connectivity index (χ2n) is 4.76. The van der Waals surface area contributed by atoms with E-state index in [1.165, 1.54) is 0 Å². The highest BCUT2D eigenvalue weighted by Crippen LogP contribution is 2.08. The van der Waals surface area contributed by atoms with Crippen molar-refractivity contribution in [3.63, 3.8) is 0 Å². The van der Waals surface area contributed by atoms with Crippen LogP contribution in [-0.2, 0) is 14.4 Å². The number of carbonyl (C=O) groups is 3. The molecule has 0 aliphatic heterocycles. The fourth-order valence-electron chi connectivity index (χ4n) is 1.57. The van der Waals surface area contributed by atoms with Crippen molar-refractivity contribution in [2.75, 3.05) is 16.8 Å². The molecule has 1 atom stereocenters. The fraction of sp³-hybridized carbons (Fsp3) is 0.538. The van der Waals surface area contributed by atoms with E-state index in [0.717, 1.165) is 11.8 Å². The van der Waals surface area contributed by atoms with Gasteiger partial charge in [0.15, 0.2) is 5.82 Å². The number of rotatable bonds is 9. The van der Waals surface area contributed by atoms with E-state index in [9.17, 15) is 14.4 Å². The van der Waals surface area contributed by atoms with Gasteiger partial charge in [-0.25, -0.2) is 0 Å². The first-order chi connectivity index (χ1) is 10.4. The molecular formula is C13H19N3O5S. The zero-order valence-electron chi connectivity index (χ0n) is 12.4. The molecule has 0 radical (unpaired) electrons. The summed E-state index contributed by atoms with van der Waals surface area (Å²) >= 11 is 1.16. The van der Waals surface area contributed by atoms with E-state index in [2.05, 4.69) is 15.8 Å². The topological polar surface area (TPSA) is 122 Å². The van der Waals surface area contributed by atoms with Crippen molar-refractivity contribution in [3.05, 3.63) is 11.8 Å². The summed E-state index contributed by atoms with van der Waals surface area (Å²) < 4.78 is 4.81. The average Bonchev–Trinajstić information content (AvgIpc) is 2.81. The van der Waals surface area contributed by atoms with Crippen LogP contribution in [0.4, 0.5) is 5.82 Å². The minimum atomic E-state index is -0.893. The summed E-state index contributed by atoms with van der Waals surface area (Å²) in [5.74, 6) is -0.216. The van der Waals surface area contributed by atoms with Crippen LogP contribution in [0.1, 0.15) is 25.5 Å². The lowest BCUT2D eigenvalue weighted by Crippen LogP contribution is -2.34. The van der Waals surface area contributed by atoms with Gasteiger partial charge in [0.2, 0.25) is 11.8 Å². The third-order valence-corrected chi connectivity index (χ3v) is 3.49. The number of thioether (sulfide) groups is 1. The molecule has 8 nitrogen and oxygen atoms in total. The maximum Gasteiger partial charge on any atom is 0.303 e. The average molecular weight is 329 g/mol. The molecule has 0 aliphatic rings. The van der Waals surface area contributed by atoms with Crippen molar-refractivity contribution in [1.29, 1.82) is 0 Å². The van der Waals surface area contributed by atoms with Crippen molar-refractivity contribution in [1.82, 2.24) is 10.5 Å². The number of nitrogens with zero attached hydrogens (tertiary/aromatic N) is 1. The van der Waals surface area contributed by atoms with Crippen molar-refractivity contribution < 1.29 is 24.0 Å². The highest BCUT2D eigenvalue weighted by atomic mass is 32.2. The van der Waals surface area contributed by atoms with Crippen LogP contribution in [0.25, 0.3) is 0 Å². The Morgan fingerprint density at radius 1 is 1.36 bits per heavy atom. The van der Waals surface area contributed by atoms with Gasteiger partial charge in [-0.1, -0.05) is 5.16 Å². The molecular weight excluding hydrogens is 310 g/mol. The van der Waals surface area contributed by atoms with Crippen molar-refractivity contribution in [2.45, 2.75) is 32.7 Å². The summed E-state index contributed by atoms with van der Waals surface area (Å²) in [7, 11) is 0. The first-order valence-electron chi connectivity index (χ1n) is 6.69. The number of aromatic nitrogens is 1. The maximum atomic E-state index is 11.6. The standard InChI is InChI=1S/C13H19N3O5S/c1-8(3-4-13(19)20)14-11(17)6-22-7-12(18)15-10-5-9(2)21-16-10/h5,8H,3-4,6-7H2,1-2H3,(H,14,17)(H,19,20)(H,15,16,18). The summed E-state index contributed by atoms with van der Waals surface area (Å²) in [5.41, 5.74) is 0. The lowest BCUT2D eigenvalue weighted by Gasteiger charge is -2.12. The Labute approximate surface area is 132 Å². The first kappa shape index (κ1) is 18.0. The summed E-state index contributed by atoms with van der Waals surface area (Å²) in [6, 6.07) is 1.38. The number of amides is 2. The molecule has 0 aromatic carbocycles. The van der Waals surface area contributed by atoms with Crippen LogP contribution < -0.4 is 10.6 Å². The highest BCUT2D eigenvalue weighted by Gasteiger charge is 2.11. The van der Waals surface area contributed by atoms with Gasteiger partial charge in [0.05, 0.1) is 11.5 Å². The van der Waals surface area contributed by atoms with E-state index in [-0.39, 0.29) is 35.8 Å². The van der Waals surface area contributed by atoms with E-state index in [4.69, 9.17) is 9.63 Å². The van der Waals surface area contributed by atoms with Gasteiger partial charge in [0.25, 0.3) is 0 Å². The second-order valence-corrected chi connectivity index (χ2v) is 5.75. The fourth-order valence-corrected chi connectivity index (χ4v) is 2.20. The van der Waals surface area contributed by atoms with E-state index in [1.807, 2.05) is 0 Å². The van der Waals surface area contributed by atoms with Gasteiger partial charge >= 0.3 is 5.97 Å². The Balaban J connectivity index is 2.16. The van der Waals surface area contributed by atoms with Crippen LogP contribution in [0.2, 0.25) is 0 Å². The van der Waals surface area contributed by atoms with Crippen molar-refractivity contribution >= 4 is 35.4 Å². The third-order valence-electron chi connectivity index (χ3n) is 2.56. The molecule has 22 heavy (non-hydrogen) atoms. The Hall–Kier alpha value is -2.03. The van der Waals surface area contributed by atoms with Gasteiger partial charge in [0.1, 0.15) is 5.76 Å². The molecule has 2 amide bonds. The predicted molar refractivity (Wildman–Crippen MR) is 81.7 cm³/mol. The van der Waals surface area contributed by atoms with E-state index < -0.39 is 5.97 Å². The SMILES string of the molecule is Cc1cc(NC(=O)CSCC(=O)NC(C)CCC(=O)O)no1. The molecule has 1 heterocycles. The van der Waals surface area contributed by atoms with Gasteiger partial charge in [-0.2, -0.15) is 0 Å².